The van der Waals surface area contributed by atoms with E-state index in [-0.39, 0.29) is 15.8 Å². The molecule has 4 N–H and O–H groups in total. The van der Waals surface area contributed by atoms with E-state index >= 15 is 0 Å². The van der Waals surface area contributed by atoms with E-state index in [0.717, 1.165) is 34.4 Å². The van der Waals surface area contributed by atoms with Gasteiger partial charge in [0.1, 0.15) is 0 Å². The van der Waals surface area contributed by atoms with Crippen molar-refractivity contribution in [2.45, 2.75) is 45.4 Å². The molecule has 0 aromatic heterocycles. The maximum atomic E-state index is 12.1. The number of ketones is 1. The van der Waals surface area contributed by atoms with E-state index in [4.69, 9.17) is 15.7 Å². The molecule has 2 aromatic rings. The first kappa shape index (κ1) is 24.9. The lowest BCUT2D eigenvalue weighted by molar-refractivity contribution is 0.0981. The Bertz CT molecular complexity index is 946. The lowest BCUT2D eigenvalue weighted by atomic mass is 9.95. The summed E-state index contributed by atoms with van der Waals surface area (Å²) in [7, 11) is -4.02. The van der Waals surface area contributed by atoms with Crippen molar-refractivity contribution >= 4 is 32.8 Å². The smallest absolute Gasteiger partial charge is 0.294 e. The number of benzene rings is 2. The number of nitrogens with one attached hydrogen (secondary N) is 1. The minimum absolute atomic E-state index is 0.0666. The minimum Gasteiger partial charge on any atom is -0.379 e. The van der Waals surface area contributed by atoms with Gasteiger partial charge in [0.25, 0.3) is 10.1 Å². The lowest BCUT2D eigenvalue weighted by Gasteiger charge is -2.10. The van der Waals surface area contributed by atoms with Crippen LogP contribution in [-0.2, 0) is 10.1 Å². The SMILES string of the molecule is Cc1cc(C)c(C(=O)CCCSC(=N)N)c(C)c1.Cc1ccc(S(=O)(=O)O)cc1. The van der Waals surface area contributed by atoms with Crippen LogP contribution in [0.2, 0.25) is 0 Å². The van der Waals surface area contributed by atoms with Crippen LogP contribution in [0.3, 0.4) is 0 Å². The summed E-state index contributed by atoms with van der Waals surface area (Å²) in [5.41, 5.74) is 10.4. The summed E-state index contributed by atoms with van der Waals surface area (Å²) in [4.78, 5) is 12.1. The van der Waals surface area contributed by atoms with Crippen molar-refractivity contribution in [3.05, 3.63) is 64.2 Å². The molecule has 0 spiro atoms. The molecule has 0 heterocycles. The van der Waals surface area contributed by atoms with Gasteiger partial charge in [-0.3, -0.25) is 14.8 Å². The van der Waals surface area contributed by atoms with E-state index in [0.29, 0.717) is 6.42 Å². The molecule has 0 radical (unpaired) electrons. The second-order valence-corrected chi connectivity index (χ2v) is 9.36. The first-order valence-electron chi connectivity index (χ1n) is 9.04. The Labute approximate surface area is 177 Å². The first-order valence-corrected chi connectivity index (χ1v) is 11.5. The Morgan fingerprint density at radius 1 is 1.03 bits per heavy atom. The lowest BCUT2D eigenvalue weighted by Crippen LogP contribution is -2.07. The summed E-state index contributed by atoms with van der Waals surface area (Å²) in [5, 5.41) is 7.21. The normalized spacial score (nSPS) is 10.8. The van der Waals surface area contributed by atoms with Gasteiger partial charge in [-0.1, -0.05) is 47.2 Å². The number of amidine groups is 1. The van der Waals surface area contributed by atoms with Gasteiger partial charge in [0.15, 0.2) is 11.0 Å². The molecule has 0 saturated heterocycles. The highest BCUT2D eigenvalue weighted by atomic mass is 32.2. The van der Waals surface area contributed by atoms with Gasteiger partial charge in [-0.05, 0) is 57.4 Å². The van der Waals surface area contributed by atoms with Gasteiger partial charge in [0.2, 0.25) is 0 Å². The van der Waals surface area contributed by atoms with Crippen molar-refractivity contribution in [3.8, 4) is 0 Å². The van der Waals surface area contributed by atoms with Crippen molar-refractivity contribution < 1.29 is 17.8 Å². The average Bonchev–Trinajstić information content (AvgIpc) is 2.58. The van der Waals surface area contributed by atoms with Gasteiger partial charge >= 0.3 is 0 Å². The number of carbonyl (C=O) groups is 1. The number of Topliss-reactive ketones (excluding diaryl/α,β-unsaturated/α-hetero) is 1. The fraction of sp³-hybridized carbons (Fsp3) is 0.333. The molecule has 0 aliphatic heterocycles. The summed E-state index contributed by atoms with van der Waals surface area (Å²) < 4.78 is 29.6. The summed E-state index contributed by atoms with van der Waals surface area (Å²) >= 11 is 1.29. The molecule has 0 atom stereocenters. The van der Waals surface area contributed by atoms with Crippen LogP contribution in [0.15, 0.2) is 41.3 Å². The first-order chi connectivity index (χ1) is 13.4. The second-order valence-electron chi connectivity index (χ2n) is 6.80. The summed E-state index contributed by atoms with van der Waals surface area (Å²) in [6.45, 7) is 7.85. The summed E-state index contributed by atoms with van der Waals surface area (Å²) in [5.74, 6) is 0.916. The zero-order chi connectivity index (χ0) is 22.2. The van der Waals surface area contributed by atoms with Gasteiger partial charge in [-0.15, -0.1) is 0 Å². The fourth-order valence-electron chi connectivity index (χ4n) is 2.87. The highest BCUT2D eigenvalue weighted by Crippen LogP contribution is 2.19. The van der Waals surface area contributed by atoms with Crippen LogP contribution >= 0.6 is 11.8 Å². The molecule has 0 unspecified atom stereocenters. The van der Waals surface area contributed by atoms with Crippen molar-refractivity contribution in [1.82, 2.24) is 0 Å². The number of hydrogen-bond acceptors (Lipinski definition) is 5. The van der Waals surface area contributed by atoms with Gasteiger partial charge in [-0.2, -0.15) is 8.42 Å². The van der Waals surface area contributed by atoms with Crippen molar-refractivity contribution in [1.29, 1.82) is 5.41 Å². The van der Waals surface area contributed by atoms with Crippen LogP contribution in [0.5, 0.6) is 0 Å². The number of rotatable bonds is 6. The van der Waals surface area contributed by atoms with Gasteiger partial charge in [-0.25, -0.2) is 0 Å². The summed E-state index contributed by atoms with van der Waals surface area (Å²) in [6, 6.07) is 10.1. The van der Waals surface area contributed by atoms with E-state index in [2.05, 4.69) is 0 Å². The van der Waals surface area contributed by atoms with E-state index < -0.39 is 10.1 Å². The van der Waals surface area contributed by atoms with E-state index in [1.807, 2.05) is 39.8 Å². The third-order valence-corrected chi connectivity index (χ3v) is 5.75. The molecule has 0 aliphatic rings. The number of thioether (sulfide) groups is 1. The van der Waals surface area contributed by atoms with Crippen LogP contribution in [-0.4, -0.2) is 29.7 Å². The van der Waals surface area contributed by atoms with Crippen molar-refractivity contribution in [2.24, 2.45) is 5.73 Å². The zero-order valence-electron chi connectivity index (χ0n) is 17.2. The quantitative estimate of drug-likeness (QED) is 0.202. The van der Waals surface area contributed by atoms with Crippen LogP contribution in [0.4, 0.5) is 0 Å². The third kappa shape index (κ3) is 8.81. The van der Waals surface area contributed by atoms with Crippen LogP contribution < -0.4 is 5.73 Å². The molecule has 0 aliphatic carbocycles. The molecular formula is C21H28N2O4S2. The third-order valence-electron chi connectivity index (χ3n) is 4.08. The van der Waals surface area contributed by atoms with E-state index in [1.54, 1.807) is 12.1 Å². The number of nitrogens with two attached hydrogens (primary N) is 1. The topological polar surface area (TPSA) is 121 Å². The molecule has 6 nitrogen and oxygen atoms in total. The molecule has 29 heavy (non-hydrogen) atoms. The maximum Gasteiger partial charge on any atom is 0.294 e. The monoisotopic (exact) mass is 436 g/mol. The predicted octanol–water partition coefficient (Wildman–Crippen LogP) is 4.44. The Morgan fingerprint density at radius 2 is 1.55 bits per heavy atom. The molecule has 158 valence electrons. The molecule has 2 rings (SSSR count). The highest BCUT2D eigenvalue weighted by molar-refractivity contribution is 8.13. The van der Waals surface area contributed by atoms with E-state index in [9.17, 15) is 13.2 Å². The van der Waals surface area contributed by atoms with Gasteiger partial charge in [0, 0.05) is 17.7 Å². The minimum atomic E-state index is -4.02. The Hall–Kier alpha value is -2.16. The van der Waals surface area contributed by atoms with Crippen LogP contribution in [0.25, 0.3) is 0 Å². The van der Waals surface area contributed by atoms with Crippen LogP contribution in [0.1, 0.15) is 45.5 Å². The Morgan fingerprint density at radius 3 is 2.00 bits per heavy atom. The Kier molecular flexibility index (Phi) is 9.55. The molecule has 0 fully saturated rings. The Balaban J connectivity index is 0.000000326. The standard InChI is InChI=1S/C14H20N2OS.C7H8O3S/c1-9-7-10(2)13(11(3)8-9)12(17)5-4-6-18-14(15)16;1-6-2-4-7(5-3-6)11(8,9)10/h7-8H,4-6H2,1-3H3,(H3,15,16);2-5H,1H3,(H,8,9,10). The van der Waals surface area contributed by atoms with Crippen LogP contribution in [0, 0.1) is 33.1 Å². The molecule has 0 bridgehead atoms. The summed E-state index contributed by atoms with van der Waals surface area (Å²) in [6.07, 6.45) is 1.28. The largest absolute Gasteiger partial charge is 0.379 e. The average molecular weight is 437 g/mol. The maximum absolute atomic E-state index is 12.1. The van der Waals surface area contributed by atoms with Gasteiger partial charge < -0.3 is 5.73 Å². The number of aryl methyl sites for hydroxylation is 4. The predicted molar refractivity (Wildman–Crippen MR) is 120 cm³/mol. The number of carbonyl (C=O) groups excluding carboxylic acids is 1. The zero-order valence-corrected chi connectivity index (χ0v) is 18.8. The number of hydrogen-bond donors (Lipinski definition) is 3. The van der Waals surface area contributed by atoms with Gasteiger partial charge in [0.05, 0.1) is 4.90 Å². The molecule has 0 amide bonds. The fourth-order valence-corrected chi connectivity index (χ4v) is 3.86. The van der Waals surface area contributed by atoms with Crippen molar-refractivity contribution in [3.63, 3.8) is 0 Å². The highest BCUT2D eigenvalue weighted by Gasteiger charge is 2.12. The molecular weight excluding hydrogens is 408 g/mol. The molecule has 2 aromatic carbocycles. The molecule has 8 heteroatoms. The second kappa shape index (κ2) is 11.1. The van der Waals surface area contributed by atoms with E-state index in [1.165, 1.54) is 29.5 Å². The molecule has 0 saturated carbocycles. The van der Waals surface area contributed by atoms with Crippen molar-refractivity contribution in [2.75, 3.05) is 5.75 Å².